The number of methoxy groups -OCH3 is 1. The van der Waals surface area contributed by atoms with Crippen molar-refractivity contribution in [2.24, 2.45) is 0 Å². The van der Waals surface area contributed by atoms with Crippen molar-refractivity contribution in [3.63, 3.8) is 0 Å². The molecule has 4 rings (SSSR count). The van der Waals surface area contributed by atoms with Crippen LogP contribution in [0.25, 0.3) is 10.8 Å². The zero-order valence-electron chi connectivity index (χ0n) is 16.2. The standard InChI is InChI=1S/C22H20FNO5S/c1-28-22(25)20-13-17(29-21-9-5-4-8-19(21)23)14-24(20)30(26,27)18-11-10-15-6-2-3-7-16(15)12-18/h2-12,17,20H,13-14H2,1H3. The Bertz CT molecular complexity index is 1200. The first-order chi connectivity index (χ1) is 14.4. The molecule has 3 aromatic carbocycles. The number of hydrogen-bond acceptors (Lipinski definition) is 5. The highest BCUT2D eigenvalue weighted by molar-refractivity contribution is 7.89. The van der Waals surface area contributed by atoms with E-state index in [0.717, 1.165) is 15.1 Å². The van der Waals surface area contributed by atoms with Gasteiger partial charge in [0.25, 0.3) is 0 Å². The van der Waals surface area contributed by atoms with Crippen LogP contribution in [0, 0.1) is 5.82 Å². The molecule has 1 aliphatic heterocycles. The van der Waals surface area contributed by atoms with Gasteiger partial charge in [0.1, 0.15) is 12.1 Å². The summed E-state index contributed by atoms with van der Waals surface area (Å²) >= 11 is 0. The molecule has 6 nitrogen and oxygen atoms in total. The minimum atomic E-state index is -4.01. The Balaban J connectivity index is 1.66. The average molecular weight is 429 g/mol. The van der Waals surface area contributed by atoms with Crippen molar-refractivity contribution < 1.29 is 27.1 Å². The third-order valence-electron chi connectivity index (χ3n) is 5.15. The first kappa shape index (κ1) is 20.3. The minimum absolute atomic E-state index is 0.0102. The summed E-state index contributed by atoms with van der Waals surface area (Å²) in [6, 6.07) is 17.0. The van der Waals surface area contributed by atoms with Gasteiger partial charge in [-0.1, -0.05) is 42.5 Å². The molecule has 0 saturated carbocycles. The van der Waals surface area contributed by atoms with Crippen molar-refractivity contribution in [2.45, 2.75) is 23.5 Å². The molecule has 156 valence electrons. The van der Waals surface area contributed by atoms with Crippen molar-refractivity contribution in [1.82, 2.24) is 4.31 Å². The molecule has 30 heavy (non-hydrogen) atoms. The fraction of sp³-hybridized carbons (Fsp3) is 0.227. The van der Waals surface area contributed by atoms with E-state index in [1.54, 1.807) is 18.2 Å². The van der Waals surface area contributed by atoms with Gasteiger partial charge < -0.3 is 9.47 Å². The van der Waals surface area contributed by atoms with Gasteiger partial charge in [0, 0.05) is 6.42 Å². The van der Waals surface area contributed by atoms with Crippen LogP contribution in [0.4, 0.5) is 4.39 Å². The van der Waals surface area contributed by atoms with E-state index >= 15 is 0 Å². The number of rotatable bonds is 5. The number of carbonyl (C=O) groups is 1. The number of carbonyl (C=O) groups excluding carboxylic acids is 1. The molecule has 0 bridgehead atoms. The van der Waals surface area contributed by atoms with Crippen LogP contribution in [0.3, 0.4) is 0 Å². The van der Waals surface area contributed by atoms with Gasteiger partial charge in [0.2, 0.25) is 10.0 Å². The molecule has 0 N–H and O–H groups in total. The zero-order valence-corrected chi connectivity index (χ0v) is 17.0. The van der Waals surface area contributed by atoms with E-state index in [9.17, 15) is 17.6 Å². The Morgan fingerprint density at radius 3 is 2.47 bits per heavy atom. The lowest BCUT2D eigenvalue weighted by atomic mass is 10.1. The minimum Gasteiger partial charge on any atom is -0.486 e. The highest BCUT2D eigenvalue weighted by Gasteiger charge is 2.45. The molecule has 0 aliphatic carbocycles. The van der Waals surface area contributed by atoms with E-state index in [2.05, 4.69) is 0 Å². The molecule has 0 amide bonds. The summed E-state index contributed by atoms with van der Waals surface area (Å²) in [4.78, 5) is 12.4. The molecule has 2 unspecified atom stereocenters. The highest BCUT2D eigenvalue weighted by Crippen LogP contribution is 2.31. The van der Waals surface area contributed by atoms with Crippen LogP contribution in [-0.2, 0) is 19.6 Å². The van der Waals surface area contributed by atoms with Crippen LogP contribution < -0.4 is 4.74 Å². The van der Waals surface area contributed by atoms with Gasteiger partial charge in [-0.25, -0.2) is 12.8 Å². The van der Waals surface area contributed by atoms with E-state index in [0.29, 0.717) is 0 Å². The van der Waals surface area contributed by atoms with Crippen LogP contribution in [0.2, 0.25) is 0 Å². The Hall–Kier alpha value is -2.97. The number of esters is 1. The largest absolute Gasteiger partial charge is 0.486 e. The number of fused-ring (bicyclic) bond motifs is 1. The smallest absolute Gasteiger partial charge is 0.324 e. The SMILES string of the molecule is COC(=O)C1CC(Oc2ccccc2F)CN1S(=O)(=O)c1ccc2ccccc2c1. The van der Waals surface area contributed by atoms with Gasteiger partial charge in [0.15, 0.2) is 11.6 Å². The number of sulfonamides is 1. The fourth-order valence-electron chi connectivity index (χ4n) is 3.65. The second-order valence-corrected chi connectivity index (χ2v) is 8.92. The molecule has 0 radical (unpaired) electrons. The molecule has 0 spiro atoms. The number of benzene rings is 3. The van der Waals surface area contributed by atoms with Gasteiger partial charge in [-0.05, 0) is 35.0 Å². The van der Waals surface area contributed by atoms with Crippen molar-refractivity contribution in [3.8, 4) is 5.75 Å². The van der Waals surface area contributed by atoms with Gasteiger partial charge in [-0.2, -0.15) is 4.31 Å². The normalized spacial score (nSPS) is 19.7. The van der Waals surface area contributed by atoms with Crippen LogP contribution >= 0.6 is 0 Å². The Morgan fingerprint density at radius 2 is 1.73 bits per heavy atom. The fourth-order valence-corrected chi connectivity index (χ4v) is 5.31. The predicted molar refractivity (Wildman–Crippen MR) is 109 cm³/mol. The lowest BCUT2D eigenvalue weighted by Gasteiger charge is -2.22. The predicted octanol–water partition coefficient (Wildman–Crippen LogP) is 3.36. The Kier molecular flexibility index (Phi) is 5.44. The monoisotopic (exact) mass is 429 g/mol. The summed E-state index contributed by atoms with van der Waals surface area (Å²) in [6.07, 6.45) is -0.630. The van der Waals surface area contributed by atoms with E-state index in [1.807, 2.05) is 24.3 Å². The molecule has 1 aliphatic rings. The van der Waals surface area contributed by atoms with E-state index in [1.165, 1.54) is 31.4 Å². The second-order valence-electron chi connectivity index (χ2n) is 7.03. The summed E-state index contributed by atoms with van der Waals surface area (Å²) in [5, 5.41) is 1.68. The molecule has 8 heteroatoms. The number of para-hydroxylation sites is 1. The number of ether oxygens (including phenoxy) is 2. The topological polar surface area (TPSA) is 72.9 Å². The molecule has 0 aromatic heterocycles. The first-order valence-corrected chi connectivity index (χ1v) is 10.8. The summed E-state index contributed by atoms with van der Waals surface area (Å²) in [5.74, 6) is -1.22. The second kappa shape index (κ2) is 8.04. The Labute approximate surface area is 173 Å². The lowest BCUT2D eigenvalue weighted by molar-refractivity contribution is -0.144. The van der Waals surface area contributed by atoms with Crippen molar-refractivity contribution in [3.05, 3.63) is 72.5 Å². The third-order valence-corrected chi connectivity index (χ3v) is 7.02. The summed E-state index contributed by atoms with van der Waals surface area (Å²) in [7, 11) is -2.81. The van der Waals surface area contributed by atoms with Gasteiger partial charge in [-0.3, -0.25) is 4.79 Å². The number of hydrogen-bond donors (Lipinski definition) is 0. The molecule has 3 aromatic rings. The average Bonchev–Trinajstić information content (AvgIpc) is 3.19. The maximum absolute atomic E-state index is 14.0. The van der Waals surface area contributed by atoms with Crippen LogP contribution in [0.1, 0.15) is 6.42 Å². The third kappa shape index (κ3) is 3.76. The summed E-state index contributed by atoms with van der Waals surface area (Å²) < 4.78 is 52.3. The van der Waals surface area contributed by atoms with Crippen LogP contribution in [-0.4, -0.2) is 44.5 Å². The van der Waals surface area contributed by atoms with Gasteiger partial charge >= 0.3 is 5.97 Å². The molecule has 1 fully saturated rings. The van der Waals surface area contributed by atoms with E-state index < -0.39 is 34.0 Å². The van der Waals surface area contributed by atoms with Crippen LogP contribution in [0.5, 0.6) is 5.75 Å². The zero-order chi connectivity index (χ0) is 21.3. The lowest BCUT2D eigenvalue weighted by Crippen LogP contribution is -2.41. The van der Waals surface area contributed by atoms with Crippen LogP contribution in [0.15, 0.2) is 71.6 Å². The maximum Gasteiger partial charge on any atom is 0.324 e. The summed E-state index contributed by atoms with van der Waals surface area (Å²) in [5.41, 5.74) is 0. The first-order valence-electron chi connectivity index (χ1n) is 9.40. The molecule has 2 atom stereocenters. The maximum atomic E-state index is 14.0. The summed E-state index contributed by atoms with van der Waals surface area (Å²) in [6.45, 7) is -0.0940. The quantitative estimate of drug-likeness (QED) is 0.582. The van der Waals surface area contributed by atoms with Crippen molar-refractivity contribution in [1.29, 1.82) is 0 Å². The number of nitrogens with zero attached hydrogens (tertiary/aromatic N) is 1. The molecular formula is C22H20FNO5S. The molecule has 1 saturated heterocycles. The van der Waals surface area contributed by atoms with Crippen molar-refractivity contribution >= 4 is 26.8 Å². The number of halogens is 1. The van der Waals surface area contributed by atoms with Gasteiger partial charge in [0.05, 0.1) is 18.6 Å². The Morgan fingerprint density at radius 1 is 1.03 bits per heavy atom. The van der Waals surface area contributed by atoms with E-state index in [4.69, 9.17) is 9.47 Å². The highest BCUT2D eigenvalue weighted by atomic mass is 32.2. The molecule has 1 heterocycles. The van der Waals surface area contributed by atoms with E-state index in [-0.39, 0.29) is 23.6 Å². The van der Waals surface area contributed by atoms with Gasteiger partial charge in [-0.15, -0.1) is 0 Å². The van der Waals surface area contributed by atoms with Crippen molar-refractivity contribution in [2.75, 3.05) is 13.7 Å². The molecular weight excluding hydrogens is 409 g/mol.